The summed E-state index contributed by atoms with van der Waals surface area (Å²) in [6, 6.07) is 4.52. The average molecular weight is 274 g/mol. The zero-order valence-electron chi connectivity index (χ0n) is 11.1. The van der Waals surface area contributed by atoms with Crippen LogP contribution in [0.1, 0.15) is 40.7 Å². The number of aromatic nitrogens is 3. The molecule has 2 N–H and O–H groups in total. The maximum atomic E-state index is 12.0. The second-order valence-electron chi connectivity index (χ2n) is 4.45. The lowest BCUT2D eigenvalue weighted by atomic mass is 10.2. The van der Waals surface area contributed by atoms with Crippen molar-refractivity contribution in [3.05, 3.63) is 41.9 Å². The minimum absolute atomic E-state index is 0.103. The fourth-order valence-corrected chi connectivity index (χ4v) is 1.67. The van der Waals surface area contributed by atoms with Gasteiger partial charge in [-0.3, -0.25) is 4.79 Å². The van der Waals surface area contributed by atoms with E-state index in [1.165, 1.54) is 18.3 Å². The lowest BCUT2D eigenvalue weighted by molar-refractivity contribution is 0.0690. The number of nitrogens with one attached hydrogen (secondary N) is 1. The Balaban J connectivity index is 2.15. The van der Waals surface area contributed by atoms with Gasteiger partial charge >= 0.3 is 5.97 Å². The summed E-state index contributed by atoms with van der Waals surface area (Å²) in [5.74, 6) is -0.918. The van der Waals surface area contributed by atoms with Crippen LogP contribution in [0.4, 0.5) is 5.82 Å². The number of pyridine rings is 1. The molecule has 0 aliphatic carbocycles. The number of rotatable bonds is 4. The lowest BCUT2D eigenvalue weighted by Crippen LogP contribution is -2.17. The number of hydrogen-bond donors (Lipinski definition) is 2. The molecule has 104 valence electrons. The van der Waals surface area contributed by atoms with Crippen LogP contribution in [0.25, 0.3) is 0 Å². The zero-order chi connectivity index (χ0) is 14.7. The average Bonchev–Trinajstić information content (AvgIpc) is 2.87. The van der Waals surface area contributed by atoms with Crippen molar-refractivity contribution in [1.29, 1.82) is 0 Å². The predicted octanol–water partition coefficient (Wildman–Crippen LogP) is 1.81. The van der Waals surface area contributed by atoms with Crippen LogP contribution in [0.15, 0.2) is 30.6 Å². The summed E-state index contributed by atoms with van der Waals surface area (Å²) in [6.07, 6.45) is 2.83. The molecule has 1 amide bonds. The molecule has 0 fully saturated rings. The van der Waals surface area contributed by atoms with E-state index >= 15 is 0 Å². The van der Waals surface area contributed by atoms with Crippen molar-refractivity contribution in [3.8, 4) is 0 Å². The summed E-state index contributed by atoms with van der Waals surface area (Å²) in [6.45, 7) is 3.90. The fraction of sp³-hybridized carbons (Fsp3) is 0.231. The second-order valence-corrected chi connectivity index (χ2v) is 4.45. The van der Waals surface area contributed by atoms with E-state index in [-0.39, 0.29) is 23.2 Å². The number of carboxylic acid groups (broad SMARTS) is 1. The Labute approximate surface area is 115 Å². The number of carbonyl (C=O) groups is 2. The first kappa shape index (κ1) is 13.7. The van der Waals surface area contributed by atoms with Crippen LogP contribution in [0.2, 0.25) is 0 Å². The normalized spacial score (nSPS) is 10.6. The minimum Gasteiger partial charge on any atom is -0.477 e. The summed E-state index contributed by atoms with van der Waals surface area (Å²) in [7, 11) is 0. The molecule has 0 saturated heterocycles. The third kappa shape index (κ3) is 2.82. The van der Waals surface area contributed by atoms with E-state index in [0.717, 1.165) is 0 Å². The van der Waals surface area contributed by atoms with Crippen LogP contribution in [0.5, 0.6) is 0 Å². The molecule has 7 heteroatoms. The maximum absolute atomic E-state index is 12.0. The molecule has 0 aromatic carbocycles. The van der Waals surface area contributed by atoms with Crippen LogP contribution < -0.4 is 5.32 Å². The smallest absolute Gasteiger partial charge is 0.354 e. The van der Waals surface area contributed by atoms with Crippen molar-refractivity contribution >= 4 is 17.7 Å². The topological polar surface area (TPSA) is 97.1 Å². The molecule has 0 atom stereocenters. The molecule has 2 heterocycles. The van der Waals surface area contributed by atoms with E-state index < -0.39 is 5.97 Å². The summed E-state index contributed by atoms with van der Waals surface area (Å²) >= 11 is 0. The van der Waals surface area contributed by atoms with Crippen LogP contribution in [-0.4, -0.2) is 31.7 Å². The van der Waals surface area contributed by atoms with Gasteiger partial charge < -0.3 is 10.4 Å². The van der Waals surface area contributed by atoms with E-state index in [4.69, 9.17) is 5.11 Å². The highest BCUT2D eigenvalue weighted by Gasteiger charge is 2.12. The molecule has 0 unspecified atom stereocenters. The van der Waals surface area contributed by atoms with Crippen LogP contribution in [-0.2, 0) is 0 Å². The molecule has 0 saturated carbocycles. The van der Waals surface area contributed by atoms with Gasteiger partial charge in [0.2, 0.25) is 0 Å². The standard InChI is InChI=1S/C13H14N4O3/c1-8(2)17-11(5-6-15-17)16-12(18)9-3-4-10(13(19)20)14-7-9/h3-8H,1-2H3,(H,16,18)(H,19,20). The zero-order valence-corrected chi connectivity index (χ0v) is 11.1. The van der Waals surface area contributed by atoms with Gasteiger partial charge in [0.15, 0.2) is 0 Å². The number of amides is 1. The van der Waals surface area contributed by atoms with Crippen molar-refractivity contribution in [1.82, 2.24) is 14.8 Å². The van der Waals surface area contributed by atoms with Gasteiger partial charge in [-0.25, -0.2) is 14.5 Å². The van der Waals surface area contributed by atoms with Crippen molar-refractivity contribution in [2.24, 2.45) is 0 Å². The Hall–Kier alpha value is -2.70. The van der Waals surface area contributed by atoms with Crippen LogP contribution >= 0.6 is 0 Å². The Morgan fingerprint density at radius 3 is 2.60 bits per heavy atom. The molecule has 20 heavy (non-hydrogen) atoms. The molecule has 0 spiro atoms. The van der Waals surface area contributed by atoms with Gasteiger partial charge in [-0.15, -0.1) is 0 Å². The van der Waals surface area contributed by atoms with Gasteiger partial charge in [0.25, 0.3) is 5.91 Å². The summed E-state index contributed by atoms with van der Waals surface area (Å²) in [5.41, 5.74) is 0.181. The number of carbonyl (C=O) groups excluding carboxylic acids is 1. The highest BCUT2D eigenvalue weighted by atomic mass is 16.4. The Kier molecular flexibility index (Phi) is 3.79. The van der Waals surface area contributed by atoms with Crippen molar-refractivity contribution in [2.45, 2.75) is 19.9 Å². The summed E-state index contributed by atoms with van der Waals surface area (Å²) < 4.78 is 1.68. The summed E-state index contributed by atoms with van der Waals surface area (Å²) in [4.78, 5) is 26.4. The van der Waals surface area contributed by atoms with Crippen LogP contribution in [0, 0.1) is 0 Å². The maximum Gasteiger partial charge on any atom is 0.354 e. The lowest BCUT2D eigenvalue weighted by Gasteiger charge is -2.11. The minimum atomic E-state index is -1.13. The predicted molar refractivity (Wildman–Crippen MR) is 71.8 cm³/mol. The Morgan fingerprint density at radius 2 is 2.05 bits per heavy atom. The van der Waals surface area contributed by atoms with Crippen molar-refractivity contribution in [3.63, 3.8) is 0 Å². The third-order valence-corrected chi connectivity index (χ3v) is 2.65. The third-order valence-electron chi connectivity index (χ3n) is 2.65. The van der Waals surface area contributed by atoms with E-state index in [1.807, 2.05) is 13.8 Å². The number of aromatic carboxylic acids is 1. The van der Waals surface area contributed by atoms with E-state index in [1.54, 1.807) is 16.9 Å². The first-order valence-corrected chi connectivity index (χ1v) is 6.03. The Bertz CT molecular complexity index is 631. The van der Waals surface area contributed by atoms with E-state index in [9.17, 15) is 9.59 Å². The highest BCUT2D eigenvalue weighted by Crippen LogP contribution is 2.14. The van der Waals surface area contributed by atoms with Gasteiger partial charge in [0.05, 0.1) is 11.8 Å². The van der Waals surface area contributed by atoms with Gasteiger partial charge in [-0.05, 0) is 26.0 Å². The highest BCUT2D eigenvalue weighted by molar-refractivity contribution is 6.03. The number of nitrogens with zero attached hydrogens (tertiary/aromatic N) is 3. The van der Waals surface area contributed by atoms with Gasteiger partial charge in [-0.2, -0.15) is 5.10 Å². The van der Waals surface area contributed by atoms with E-state index in [2.05, 4.69) is 15.4 Å². The molecular formula is C13H14N4O3. The molecule has 0 bridgehead atoms. The molecule has 0 radical (unpaired) electrons. The first-order valence-electron chi connectivity index (χ1n) is 6.03. The quantitative estimate of drug-likeness (QED) is 0.886. The summed E-state index contributed by atoms with van der Waals surface area (Å²) in [5, 5.41) is 15.6. The SMILES string of the molecule is CC(C)n1nccc1NC(=O)c1ccc(C(=O)O)nc1. The fourth-order valence-electron chi connectivity index (χ4n) is 1.67. The molecular weight excluding hydrogens is 260 g/mol. The molecule has 2 rings (SSSR count). The molecule has 2 aromatic rings. The van der Waals surface area contributed by atoms with Crippen LogP contribution in [0.3, 0.4) is 0 Å². The Morgan fingerprint density at radius 1 is 1.30 bits per heavy atom. The monoisotopic (exact) mass is 274 g/mol. The van der Waals surface area contributed by atoms with Gasteiger partial charge in [0, 0.05) is 18.3 Å². The van der Waals surface area contributed by atoms with Crippen molar-refractivity contribution in [2.75, 3.05) is 5.32 Å². The number of carboxylic acids is 1. The molecule has 7 nitrogen and oxygen atoms in total. The van der Waals surface area contributed by atoms with Gasteiger partial charge in [-0.1, -0.05) is 0 Å². The van der Waals surface area contributed by atoms with E-state index in [0.29, 0.717) is 5.82 Å². The molecule has 0 aliphatic heterocycles. The molecule has 0 aliphatic rings. The largest absolute Gasteiger partial charge is 0.477 e. The van der Waals surface area contributed by atoms with Gasteiger partial charge in [0.1, 0.15) is 11.5 Å². The first-order chi connectivity index (χ1) is 9.49. The second kappa shape index (κ2) is 5.52. The molecule has 2 aromatic heterocycles. The number of anilines is 1. The number of hydrogen-bond acceptors (Lipinski definition) is 4. The van der Waals surface area contributed by atoms with Crippen molar-refractivity contribution < 1.29 is 14.7 Å².